The van der Waals surface area contributed by atoms with Crippen molar-refractivity contribution in [3.8, 4) is 0 Å². The molecule has 2 aromatic rings. The SMILES string of the molecule is CC(C)CC1C(=O)OC(Cc2ccc(N)cc2)C(=O)N(C)C(CC(C)C)C(=O)OC(C)C(=O)N(C)C(CC(C)C)C(=O)OC(Cc2ccccc2)C(=O)N(C)C(CC(C)C)C(=O)OC(C)C(=O)N1C. The minimum atomic E-state index is -1.52. The summed E-state index contributed by atoms with van der Waals surface area (Å²) in [5, 5.41) is 0. The van der Waals surface area contributed by atoms with Gasteiger partial charge < -0.3 is 44.3 Å². The molecule has 382 valence electrons. The van der Waals surface area contributed by atoms with Gasteiger partial charge >= 0.3 is 23.9 Å². The van der Waals surface area contributed by atoms with E-state index in [1.165, 1.54) is 42.0 Å². The molecule has 8 atom stereocenters. The van der Waals surface area contributed by atoms with Gasteiger partial charge in [0.15, 0.2) is 24.4 Å². The van der Waals surface area contributed by atoms with E-state index in [4.69, 9.17) is 24.7 Å². The number of rotatable bonds is 12. The van der Waals surface area contributed by atoms with Crippen LogP contribution in [0.1, 0.15) is 106 Å². The Kier molecular flexibility index (Phi) is 21.7. The predicted octanol–water partition coefficient (Wildman–Crippen LogP) is 5.25. The smallest absolute Gasteiger partial charge is 0.329 e. The number of hydrogen-bond donors (Lipinski definition) is 1. The van der Waals surface area contributed by atoms with Crippen molar-refractivity contribution in [2.24, 2.45) is 23.7 Å². The van der Waals surface area contributed by atoms with Gasteiger partial charge in [0, 0.05) is 46.7 Å². The van der Waals surface area contributed by atoms with Gasteiger partial charge in [0.25, 0.3) is 23.6 Å². The molecule has 1 aliphatic heterocycles. The summed E-state index contributed by atoms with van der Waals surface area (Å²) < 4.78 is 23.8. The van der Waals surface area contributed by atoms with Crippen LogP contribution in [0.2, 0.25) is 0 Å². The Morgan fingerprint density at radius 3 is 1.00 bits per heavy atom. The van der Waals surface area contributed by atoms with Gasteiger partial charge in [-0.2, -0.15) is 0 Å². The molecule has 4 amide bonds. The van der Waals surface area contributed by atoms with Gasteiger partial charge in [0.05, 0.1) is 0 Å². The minimum absolute atomic E-state index is 0.0867. The number of nitrogen functional groups attached to an aromatic ring is 1. The second-order valence-electron chi connectivity index (χ2n) is 20.0. The monoisotopic (exact) mass is 964 g/mol. The fourth-order valence-corrected chi connectivity index (χ4v) is 8.18. The molecule has 69 heavy (non-hydrogen) atoms. The number of amides is 4. The lowest BCUT2D eigenvalue weighted by molar-refractivity contribution is -0.176. The highest BCUT2D eigenvalue weighted by Crippen LogP contribution is 2.24. The van der Waals surface area contributed by atoms with E-state index in [9.17, 15) is 38.4 Å². The van der Waals surface area contributed by atoms with Crippen LogP contribution in [0, 0.1) is 23.7 Å². The van der Waals surface area contributed by atoms with Gasteiger partial charge in [0.2, 0.25) is 0 Å². The highest BCUT2D eigenvalue weighted by atomic mass is 16.6. The summed E-state index contributed by atoms with van der Waals surface area (Å²) in [6, 6.07) is 10.4. The standard InChI is InChI=1S/C52H77N5O12/c1-30(2)24-39-49(62)66-35(10)46(59)55(12)42(27-33(7)8)52(65)69-44(29-37-20-22-38(53)23-21-37)48(61)57(14)40(25-31(3)4)50(63)67-34(9)45(58)54(11)41(26-32(5)6)51(64)68-43(47(60)56(39)13)28-36-18-16-15-17-19-36/h15-23,30-35,39-44H,24-29,53H2,1-14H3. The van der Waals surface area contributed by atoms with Crippen LogP contribution in [0.3, 0.4) is 0 Å². The number of hydrogen-bond acceptors (Lipinski definition) is 13. The molecule has 0 aromatic heterocycles. The third-order valence-corrected chi connectivity index (χ3v) is 12.1. The fraction of sp³-hybridized carbons (Fsp3) is 0.615. The first kappa shape index (κ1) is 57.3. The molecular weight excluding hydrogens is 887 g/mol. The summed E-state index contributed by atoms with van der Waals surface area (Å²) >= 11 is 0. The van der Waals surface area contributed by atoms with Crippen LogP contribution >= 0.6 is 0 Å². The number of anilines is 1. The summed E-state index contributed by atoms with van der Waals surface area (Å²) in [5.41, 5.74) is 7.63. The van der Waals surface area contributed by atoms with Crippen molar-refractivity contribution in [3.63, 3.8) is 0 Å². The topological polar surface area (TPSA) is 212 Å². The van der Waals surface area contributed by atoms with Gasteiger partial charge in [-0.25, -0.2) is 19.2 Å². The summed E-state index contributed by atoms with van der Waals surface area (Å²) in [6.45, 7) is 17.5. The maximum Gasteiger partial charge on any atom is 0.329 e. The molecular formula is C52H77N5O12. The van der Waals surface area contributed by atoms with Gasteiger partial charge in [-0.3, -0.25) is 19.2 Å². The largest absolute Gasteiger partial charge is 0.451 e. The van der Waals surface area contributed by atoms with E-state index in [-0.39, 0.29) is 62.2 Å². The third kappa shape index (κ3) is 16.6. The van der Waals surface area contributed by atoms with Gasteiger partial charge in [-0.15, -0.1) is 0 Å². The zero-order valence-corrected chi connectivity index (χ0v) is 43.1. The van der Waals surface area contributed by atoms with Crippen molar-refractivity contribution in [3.05, 3.63) is 65.7 Å². The molecule has 0 aliphatic carbocycles. The minimum Gasteiger partial charge on any atom is -0.451 e. The molecule has 8 unspecified atom stereocenters. The molecule has 17 nitrogen and oxygen atoms in total. The van der Waals surface area contributed by atoms with Crippen LogP contribution < -0.4 is 5.73 Å². The van der Waals surface area contributed by atoms with Crippen LogP contribution in [0.25, 0.3) is 0 Å². The summed E-state index contributed by atoms with van der Waals surface area (Å²) in [7, 11) is 5.53. The molecule has 1 heterocycles. The van der Waals surface area contributed by atoms with Crippen molar-refractivity contribution in [1.29, 1.82) is 0 Å². The molecule has 1 fully saturated rings. The Bertz CT molecular complexity index is 2060. The number of benzene rings is 2. The average Bonchev–Trinajstić information content (AvgIpc) is 3.28. The summed E-state index contributed by atoms with van der Waals surface area (Å²) in [6.07, 6.45) is -5.74. The highest BCUT2D eigenvalue weighted by molar-refractivity contribution is 5.94. The van der Waals surface area contributed by atoms with Crippen LogP contribution in [0.15, 0.2) is 54.6 Å². The second-order valence-corrected chi connectivity index (χ2v) is 20.0. The van der Waals surface area contributed by atoms with Crippen molar-refractivity contribution in [2.45, 2.75) is 156 Å². The summed E-state index contributed by atoms with van der Waals surface area (Å²) in [5.74, 6) is -7.29. The number of nitrogens with zero attached hydrogens (tertiary/aromatic N) is 4. The zero-order valence-electron chi connectivity index (χ0n) is 43.1. The molecule has 0 radical (unpaired) electrons. The van der Waals surface area contributed by atoms with E-state index in [0.717, 1.165) is 19.6 Å². The van der Waals surface area contributed by atoms with Gasteiger partial charge in [-0.05, 0) is 86.5 Å². The lowest BCUT2D eigenvalue weighted by Gasteiger charge is -2.35. The lowest BCUT2D eigenvalue weighted by atomic mass is 10.00. The second kappa shape index (κ2) is 26.1. The molecule has 0 saturated carbocycles. The van der Waals surface area contributed by atoms with Crippen molar-refractivity contribution >= 4 is 53.2 Å². The quantitative estimate of drug-likeness (QED) is 0.164. The number of likely N-dealkylation sites (N-methyl/N-ethyl adjacent to an activating group) is 4. The highest BCUT2D eigenvalue weighted by Gasteiger charge is 2.43. The molecule has 3 rings (SSSR count). The van der Waals surface area contributed by atoms with Crippen LogP contribution in [-0.2, 0) is 70.1 Å². The molecule has 1 saturated heterocycles. The van der Waals surface area contributed by atoms with E-state index in [2.05, 4.69) is 0 Å². The average molecular weight is 964 g/mol. The molecule has 1 aliphatic rings. The molecule has 0 bridgehead atoms. The fourth-order valence-electron chi connectivity index (χ4n) is 8.18. The van der Waals surface area contributed by atoms with Crippen LogP contribution in [0.4, 0.5) is 5.69 Å². The number of nitrogens with two attached hydrogens (primary N) is 1. The van der Waals surface area contributed by atoms with E-state index >= 15 is 0 Å². The first-order valence-corrected chi connectivity index (χ1v) is 24.0. The first-order chi connectivity index (χ1) is 32.2. The number of ether oxygens (including phenoxy) is 4. The number of esters is 4. The third-order valence-electron chi connectivity index (χ3n) is 12.1. The molecule has 2 N–H and O–H groups in total. The van der Waals surface area contributed by atoms with Crippen molar-refractivity contribution in [1.82, 2.24) is 19.6 Å². The molecule has 2 aromatic carbocycles. The normalized spacial score (nSPS) is 25.0. The van der Waals surface area contributed by atoms with Crippen LogP contribution in [-0.4, -0.2) is 144 Å². The Balaban J connectivity index is 2.25. The number of cyclic esters (lactones) is 4. The van der Waals surface area contributed by atoms with Crippen molar-refractivity contribution < 1.29 is 57.3 Å². The Labute approximate surface area is 408 Å². The summed E-state index contributed by atoms with van der Waals surface area (Å²) in [4.78, 5) is 120. The van der Waals surface area contributed by atoms with E-state index in [1.807, 2.05) is 55.4 Å². The number of carbonyl (C=O) groups is 8. The Morgan fingerprint density at radius 1 is 0.420 bits per heavy atom. The molecule has 0 spiro atoms. The zero-order chi connectivity index (χ0) is 52.0. The maximum atomic E-state index is 14.7. The van der Waals surface area contributed by atoms with Gasteiger partial charge in [0.1, 0.15) is 24.2 Å². The van der Waals surface area contributed by atoms with E-state index in [1.54, 1.807) is 54.6 Å². The lowest BCUT2D eigenvalue weighted by Crippen LogP contribution is -2.55. The number of carbonyl (C=O) groups excluding carboxylic acids is 8. The maximum absolute atomic E-state index is 14.7. The Morgan fingerprint density at radius 2 is 0.696 bits per heavy atom. The van der Waals surface area contributed by atoms with Gasteiger partial charge in [-0.1, -0.05) is 97.9 Å². The van der Waals surface area contributed by atoms with Crippen molar-refractivity contribution in [2.75, 3.05) is 33.9 Å². The van der Waals surface area contributed by atoms with E-state index < -0.39 is 96.1 Å². The molecule has 17 heteroatoms. The Hall–Kier alpha value is -6.00. The first-order valence-electron chi connectivity index (χ1n) is 24.0. The van der Waals surface area contributed by atoms with E-state index in [0.29, 0.717) is 16.8 Å². The van der Waals surface area contributed by atoms with Crippen LogP contribution in [0.5, 0.6) is 0 Å². The predicted molar refractivity (Wildman–Crippen MR) is 260 cm³/mol.